The molecule has 2 atom stereocenters. The molecule has 0 saturated carbocycles. The first kappa shape index (κ1) is 23.6. The van der Waals surface area contributed by atoms with Gasteiger partial charge in [-0.1, -0.05) is 30.3 Å². The molecule has 2 aliphatic heterocycles. The summed E-state index contributed by atoms with van der Waals surface area (Å²) in [6.07, 6.45) is 0.174. The number of hydrazone groups is 1. The zero-order valence-electron chi connectivity index (χ0n) is 20.2. The van der Waals surface area contributed by atoms with Crippen molar-refractivity contribution >= 4 is 40.7 Å². The maximum Gasteiger partial charge on any atom is 0.411 e. The number of hydrogen-bond donors (Lipinski definition) is 4. The molecule has 1 fully saturated rings. The lowest BCUT2D eigenvalue weighted by atomic mass is 10.0. The quantitative estimate of drug-likeness (QED) is 0.448. The Hall–Kier alpha value is -4.18. The number of aromatic nitrogens is 1. The third kappa shape index (κ3) is 4.42. The SMILES string of the molecule is CC(C)(C)OC(=O)N1C[C@H](O)C[C@@H]1C(=O)Nc1cc2c3c(c(-c4ccccc4)[nH]c3c1)C=NNC2=O. The highest BCUT2D eigenvalue weighted by molar-refractivity contribution is 6.18. The van der Waals surface area contributed by atoms with Crippen molar-refractivity contribution in [1.29, 1.82) is 0 Å². The highest BCUT2D eigenvalue weighted by Gasteiger charge is 2.41. The van der Waals surface area contributed by atoms with E-state index in [0.717, 1.165) is 16.8 Å². The molecular formula is C26H27N5O5. The first-order valence-electron chi connectivity index (χ1n) is 11.7. The van der Waals surface area contributed by atoms with Gasteiger partial charge in [-0.25, -0.2) is 10.2 Å². The molecule has 3 amide bonds. The van der Waals surface area contributed by atoms with Gasteiger partial charge in [0, 0.05) is 28.6 Å². The van der Waals surface area contributed by atoms with Gasteiger partial charge in [-0.15, -0.1) is 0 Å². The molecule has 1 aromatic heterocycles. The van der Waals surface area contributed by atoms with Crippen LogP contribution in [0.25, 0.3) is 22.2 Å². The highest BCUT2D eigenvalue weighted by Crippen LogP contribution is 2.35. The van der Waals surface area contributed by atoms with Crippen LogP contribution in [0.3, 0.4) is 0 Å². The van der Waals surface area contributed by atoms with Crippen molar-refractivity contribution < 1.29 is 24.2 Å². The normalized spacial score (nSPS) is 19.2. The second-order valence-electron chi connectivity index (χ2n) is 9.95. The van der Waals surface area contributed by atoms with Gasteiger partial charge in [0.25, 0.3) is 5.91 Å². The van der Waals surface area contributed by atoms with Crippen molar-refractivity contribution in [3.8, 4) is 11.3 Å². The number of nitrogens with zero attached hydrogens (tertiary/aromatic N) is 2. The first-order valence-corrected chi connectivity index (χ1v) is 11.7. The molecule has 1 saturated heterocycles. The second-order valence-corrected chi connectivity index (χ2v) is 9.95. The molecule has 36 heavy (non-hydrogen) atoms. The van der Waals surface area contributed by atoms with Crippen molar-refractivity contribution in [1.82, 2.24) is 15.3 Å². The number of carbonyl (C=O) groups excluding carboxylic acids is 3. The van der Waals surface area contributed by atoms with Crippen molar-refractivity contribution in [3.05, 3.63) is 53.6 Å². The third-order valence-electron chi connectivity index (χ3n) is 6.08. The predicted octanol–water partition coefficient (Wildman–Crippen LogP) is 3.22. The minimum absolute atomic E-state index is 0.00253. The van der Waals surface area contributed by atoms with Gasteiger partial charge in [-0.05, 0) is 38.5 Å². The van der Waals surface area contributed by atoms with E-state index in [0.29, 0.717) is 22.2 Å². The van der Waals surface area contributed by atoms with E-state index in [9.17, 15) is 19.5 Å². The molecule has 3 heterocycles. The van der Waals surface area contributed by atoms with E-state index in [1.165, 1.54) is 4.90 Å². The number of carbonyl (C=O) groups is 3. The van der Waals surface area contributed by atoms with Gasteiger partial charge in [0.2, 0.25) is 5.91 Å². The van der Waals surface area contributed by atoms with Crippen LogP contribution in [0, 0.1) is 0 Å². The molecule has 0 aliphatic carbocycles. The zero-order chi connectivity index (χ0) is 25.6. The number of nitrogens with one attached hydrogen (secondary N) is 3. The molecule has 0 radical (unpaired) electrons. The molecule has 2 aromatic carbocycles. The average Bonchev–Trinajstić information content (AvgIpc) is 3.34. The van der Waals surface area contributed by atoms with E-state index in [2.05, 4.69) is 20.8 Å². The smallest absolute Gasteiger partial charge is 0.411 e. The molecule has 5 rings (SSSR count). The number of aromatic amines is 1. The minimum Gasteiger partial charge on any atom is -0.444 e. The van der Waals surface area contributed by atoms with Crippen LogP contribution >= 0.6 is 0 Å². The summed E-state index contributed by atoms with van der Waals surface area (Å²) in [6, 6.07) is 12.1. The largest absolute Gasteiger partial charge is 0.444 e. The lowest BCUT2D eigenvalue weighted by Gasteiger charge is -2.27. The van der Waals surface area contributed by atoms with E-state index in [-0.39, 0.29) is 13.0 Å². The average molecular weight is 490 g/mol. The lowest BCUT2D eigenvalue weighted by Crippen LogP contribution is -2.45. The molecular weight excluding hydrogens is 462 g/mol. The van der Waals surface area contributed by atoms with Crippen LogP contribution in [0.1, 0.15) is 43.1 Å². The monoisotopic (exact) mass is 489 g/mol. The van der Waals surface area contributed by atoms with Crippen LogP contribution in [0.5, 0.6) is 0 Å². The molecule has 10 nitrogen and oxygen atoms in total. The highest BCUT2D eigenvalue weighted by atomic mass is 16.6. The fourth-order valence-electron chi connectivity index (χ4n) is 4.60. The van der Waals surface area contributed by atoms with Gasteiger partial charge in [0.1, 0.15) is 11.6 Å². The molecule has 10 heteroatoms. The zero-order valence-corrected chi connectivity index (χ0v) is 20.2. The molecule has 0 bridgehead atoms. The predicted molar refractivity (Wildman–Crippen MR) is 135 cm³/mol. The number of β-amino-alcohol motifs (C(OH)–C–C–N with tert-alkyl or cyclic N) is 1. The number of benzene rings is 2. The van der Waals surface area contributed by atoms with E-state index < -0.39 is 35.7 Å². The summed E-state index contributed by atoms with van der Waals surface area (Å²) < 4.78 is 5.41. The molecule has 186 valence electrons. The Morgan fingerprint density at radius 1 is 1.19 bits per heavy atom. The molecule has 0 spiro atoms. The summed E-state index contributed by atoms with van der Waals surface area (Å²) >= 11 is 0. The minimum atomic E-state index is -0.916. The number of aliphatic hydroxyl groups excluding tert-OH is 1. The molecule has 4 N–H and O–H groups in total. The maximum absolute atomic E-state index is 13.2. The van der Waals surface area contributed by atoms with Crippen molar-refractivity contribution in [2.75, 3.05) is 11.9 Å². The summed E-state index contributed by atoms with van der Waals surface area (Å²) in [5.41, 5.74) is 5.62. The summed E-state index contributed by atoms with van der Waals surface area (Å²) in [5.74, 6) is -0.888. The summed E-state index contributed by atoms with van der Waals surface area (Å²) in [4.78, 5) is 43.3. The Balaban J connectivity index is 1.49. The van der Waals surface area contributed by atoms with Gasteiger partial charge >= 0.3 is 6.09 Å². The van der Waals surface area contributed by atoms with Crippen molar-refractivity contribution in [2.45, 2.75) is 44.9 Å². The lowest BCUT2D eigenvalue weighted by molar-refractivity contribution is -0.120. The Morgan fingerprint density at radius 3 is 2.67 bits per heavy atom. The third-order valence-corrected chi connectivity index (χ3v) is 6.08. The van der Waals surface area contributed by atoms with Crippen LogP contribution in [0.15, 0.2) is 47.6 Å². The number of hydrogen-bond acceptors (Lipinski definition) is 6. The number of aliphatic hydroxyl groups is 1. The van der Waals surface area contributed by atoms with Crippen molar-refractivity contribution in [3.63, 3.8) is 0 Å². The summed E-state index contributed by atoms with van der Waals surface area (Å²) in [5, 5.41) is 17.7. The van der Waals surface area contributed by atoms with E-state index in [1.807, 2.05) is 30.3 Å². The van der Waals surface area contributed by atoms with Gasteiger partial charge in [-0.2, -0.15) is 5.10 Å². The molecule has 3 aromatic rings. The summed E-state index contributed by atoms with van der Waals surface area (Å²) in [7, 11) is 0. The second kappa shape index (κ2) is 8.80. The van der Waals surface area contributed by atoms with Crippen LogP contribution in [-0.2, 0) is 9.53 Å². The Kier molecular flexibility index (Phi) is 5.76. The number of rotatable bonds is 3. The number of amides is 3. The van der Waals surface area contributed by atoms with E-state index in [4.69, 9.17) is 4.74 Å². The Labute approximate surface area is 207 Å². The van der Waals surface area contributed by atoms with Crippen LogP contribution in [0.4, 0.5) is 10.5 Å². The van der Waals surface area contributed by atoms with Gasteiger partial charge in [0.15, 0.2) is 0 Å². The van der Waals surface area contributed by atoms with Crippen LogP contribution in [0.2, 0.25) is 0 Å². The van der Waals surface area contributed by atoms with Gasteiger partial charge in [-0.3, -0.25) is 14.5 Å². The van der Waals surface area contributed by atoms with Crippen molar-refractivity contribution in [2.24, 2.45) is 5.10 Å². The number of ether oxygens (including phenoxy) is 1. The Bertz CT molecular complexity index is 1390. The number of anilines is 1. The first-order chi connectivity index (χ1) is 17.1. The van der Waals surface area contributed by atoms with E-state index in [1.54, 1.807) is 39.1 Å². The number of likely N-dealkylation sites (tertiary alicyclic amines) is 1. The van der Waals surface area contributed by atoms with E-state index >= 15 is 0 Å². The fourth-order valence-corrected chi connectivity index (χ4v) is 4.60. The van der Waals surface area contributed by atoms with Gasteiger partial charge in [0.05, 0.1) is 30.1 Å². The summed E-state index contributed by atoms with van der Waals surface area (Å²) in [6.45, 7) is 5.20. The molecule has 2 aliphatic rings. The Morgan fingerprint density at radius 2 is 1.94 bits per heavy atom. The van der Waals surface area contributed by atoms with Crippen LogP contribution < -0.4 is 10.7 Å². The topological polar surface area (TPSA) is 136 Å². The number of H-pyrrole nitrogens is 1. The molecule has 0 unspecified atom stereocenters. The fraction of sp³-hybridized carbons (Fsp3) is 0.308. The van der Waals surface area contributed by atoms with Gasteiger partial charge < -0.3 is 20.1 Å². The van der Waals surface area contributed by atoms with Crippen LogP contribution in [-0.4, -0.2) is 63.4 Å². The standard InChI is InChI=1S/C26H27N5O5/c1-26(2,3)36-25(35)31-13-16(32)11-20(31)24(34)28-15-9-17-21-18(12-27-30-23(17)33)22(29-19(21)10-15)14-7-5-4-6-8-14/h4-10,12,16,20,29,32H,11,13H2,1-3H3,(H,28,34)(H,30,33)/t16-,20-/m1/s1. The maximum atomic E-state index is 13.2.